The van der Waals surface area contributed by atoms with E-state index in [-0.39, 0.29) is 5.91 Å². The van der Waals surface area contributed by atoms with Gasteiger partial charge in [-0.3, -0.25) is 9.69 Å². The van der Waals surface area contributed by atoms with E-state index >= 15 is 0 Å². The van der Waals surface area contributed by atoms with Crippen molar-refractivity contribution in [3.63, 3.8) is 0 Å². The summed E-state index contributed by atoms with van der Waals surface area (Å²) in [5, 5.41) is 0. The Bertz CT molecular complexity index is 455. The second-order valence-electron chi connectivity index (χ2n) is 6.11. The first kappa shape index (κ1) is 15.0. The number of amides is 1. The number of carbonyl (C=O) groups excluding carboxylic acids is 1. The molecule has 0 unspecified atom stereocenters. The molecule has 0 aliphatic carbocycles. The molecule has 0 bridgehead atoms. The van der Waals surface area contributed by atoms with E-state index < -0.39 is 0 Å². The van der Waals surface area contributed by atoms with Gasteiger partial charge in [0.05, 0.1) is 6.67 Å². The number of aryl methyl sites for hydroxylation is 1. The van der Waals surface area contributed by atoms with E-state index in [1.54, 1.807) is 0 Å². The molecule has 0 N–H and O–H groups in total. The molecule has 3 heteroatoms. The maximum Gasteiger partial charge on any atom is 0.224 e. The first-order valence-electron chi connectivity index (χ1n) is 7.57. The smallest absolute Gasteiger partial charge is 0.224 e. The van der Waals surface area contributed by atoms with Crippen molar-refractivity contribution in [1.29, 1.82) is 0 Å². The Labute approximate surface area is 122 Å². The van der Waals surface area contributed by atoms with Crippen LogP contribution in [0.1, 0.15) is 38.3 Å². The van der Waals surface area contributed by atoms with Crippen molar-refractivity contribution in [3.8, 4) is 0 Å². The third-order valence-corrected chi connectivity index (χ3v) is 4.41. The van der Waals surface area contributed by atoms with E-state index in [4.69, 9.17) is 0 Å². The molecule has 1 aromatic rings. The van der Waals surface area contributed by atoms with Crippen molar-refractivity contribution in [2.24, 2.45) is 5.92 Å². The third kappa shape index (κ3) is 3.40. The molecule has 3 nitrogen and oxygen atoms in total. The highest BCUT2D eigenvalue weighted by atomic mass is 16.2. The Kier molecular flexibility index (Phi) is 4.81. The zero-order valence-electron chi connectivity index (χ0n) is 13.1. The highest BCUT2D eigenvalue weighted by Crippen LogP contribution is 2.24. The molecule has 0 radical (unpaired) electrons. The molecule has 110 valence electrons. The lowest BCUT2D eigenvalue weighted by atomic mass is 10.1. The van der Waals surface area contributed by atoms with Crippen LogP contribution in [0.2, 0.25) is 0 Å². The van der Waals surface area contributed by atoms with Gasteiger partial charge in [0.2, 0.25) is 5.91 Å². The summed E-state index contributed by atoms with van der Waals surface area (Å²) in [4.78, 5) is 16.2. The minimum atomic E-state index is 0.290. The van der Waals surface area contributed by atoms with Gasteiger partial charge in [-0.25, -0.2) is 0 Å². The van der Waals surface area contributed by atoms with Gasteiger partial charge in [0.15, 0.2) is 0 Å². The SMILES string of the molecule is CCc1ccc(CN(C)CN2C(=O)C[C@H](C)[C@H]2C)cc1. The number of likely N-dealkylation sites (tertiary alicyclic amines) is 1. The molecule has 0 saturated carbocycles. The van der Waals surface area contributed by atoms with Gasteiger partial charge in [0, 0.05) is 19.0 Å². The molecular weight excluding hydrogens is 248 g/mol. The molecule has 1 aliphatic heterocycles. The van der Waals surface area contributed by atoms with Crippen molar-refractivity contribution in [2.75, 3.05) is 13.7 Å². The summed E-state index contributed by atoms with van der Waals surface area (Å²) in [5.41, 5.74) is 2.67. The highest BCUT2D eigenvalue weighted by Gasteiger charge is 2.34. The van der Waals surface area contributed by atoms with Crippen LogP contribution in [-0.2, 0) is 17.8 Å². The lowest BCUT2D eigenvalue weighted by Gasteiger charge is -2.29. The number of rotatable bonds is 5. The summed E-state index contributed by atoms with van der Waals surface area (Å²) in [7, 11) is 2.08. The summed E-state index contributed by atoms with van der Waals surface area (Å²) >= 11 is 0. The average Bonchev–Trinajstić information content (AvgIpc) is 2.66. The number of hydrogen-bond donors (Lipinski definition) is 0. The summed E-state index contributed by atoms with van der Waals surface area (Å²) in [6.07, 6.45) is 1.77. The molecule has 1 fully saturated rings. The van der Waals surface area contributed by atoms with Crippen LogP contribution in [0, 0.1) is 5.92 Å². The van der Waals surface area contributed by atoms with Gasteiger partial charge in [0.25, 0.3) is 0 Å². The maximum atomic E-state index is 12.0. The van der Waals surface area contributed by atoms with E-state index in [9.17, 15) is 4.79 Å². The Morgan fingerprint density at radius 2 is 1.80 bits per heavy atom. The molecule has 2 atom stereocenters. The van der Waals surface area contributed by atoms with Crippen molar-refractivity contribution in [1.82, 2.24) is 9.80 Å². The van der Waals surface area contributed by atoms with Crippen LogP contribution in [0.3, 0.4) is 0 Å². The summed E-state index contributed by atoms with van der Waals surface area (Å²) < 4.78 is 0. The normalized spacial score (nSPS) is 22.9. The van der Waals surface area contributed by atoms with Crippen molar-refractivity contribution < 1.29 is 4.79 Å². The first-order chi connectivity index (χ1) is 9.51. The van der Waals surface area contributed by atoms with E-state index in [2.05, 4.69) is 57.0 Å². The predicted octanol–water partition coefficient (Wildman–Crippen LogP) is 2.90. The molecular formula is C17H26N2O. The second-order valence-corrected chi connectivity index (χ2v) is 6.11. The summed E-state index contributed by atoms with van der Waals surface area (Å²) in [5.74, 6) is 0.762. The Morgan fingerprint density at radius 3 is 2.30 bits per heavy atom. The van der Waals surface area contributed by atoms with Gasteiger partial charge < -0.3 is 4.90 Å². The number of nitrogens with zero attached hydrogens (tertiary/aromatic N) is 2. The van der Waals surface area contributed by atoms with Crippen LogP contribution >= 0.6 is 0 Å². The Morgan fingerprint density at radius 1 is 1.20 bits per heavy atom. The van der Waals surface area contributed by atoms with Crippen LogP contribution < -0.4 is 0 Å². The van der Waals surface area contributed by atoms with Crippen LogP contribution in [-0.4, -0.2) is 35.5 Å². The first-order valence-corrected chi connectivity index (χ1v) is 7.57. The van der Waals surface area contributed by atoms with Gasteiger partial charge in [-0.15, -0.1) is 0 Å². The van der Waals surface area contributed by atoms with Crippen LogP contribution in [0.5, 0.6) is 0 Å². The lowest BCUT2D eigenvalue weighted by molar-refractivity contribution is -0.130. The molecule has 0 spiro atoms. The second kappa shape index (κ2) is 6.40. The monoisotopic (exact) mass is 274 g/mol. The average molecular weight is 274 g/mol. The Hall–Kier alpha value is -1.35. The van der Waals surface area contributed by atoms with Crippen molar-refractivity contribution in [2.45, 2.75) is 46.2 Å². The number of carbonyl (C=O) groups is 1. The molecule has 20 heavy (non-hydrogen) atoms. The lowest BCUT2D eigenvalue weighted by Crippen LogP contribution is -2.40. The van der Waals surface area contributed by atoms with Gasteiger partial charge in [-0.05, 0) is 37.4 Å². The Balaban J connectivity index is 1.91. The molecule has 1 saturated heterocycles. The van der Waals surface area contributed by atoms with Crippen LogP contribution in [0.15, 0.2) is 24.3 Å². The van der Waals surface area contributed by atoms with E-state index in [0.29, 0.717) is 18.4 Å². The van der Waals surface area contributed by atoms with Gasteiger partial charge in [-0.1, -0.05) is 38.1 Å². The number of benzene rings is 1. The quantitative estimate of drug-likeness (QED) is 0.824. The zero-order valence-corrected chi connectivity index (χ0v) is 13.1. The summed E-state index contributed by atoms with van der Waals surface area (Å²) in [6.45, 7) is 8.09. The van der Waals surface area contributed by atoms with Crippen molar-refractivity contribution >= 4 is 5.91 Å². The fourth-order valence-electron chi connectivity index (χ4n) is 2.81. The topological polar surface area (TPSA) is 23.6 Å². The van der Waals surface area contributed by atoms with E-state index in [1.807, 2.05) is 4.90 Å². The number of hydrogen-bond acceptors (Lipinski definition) is 2. The molecule has 1 aliphatic rings. The van der Waals surface area contributed by atoms with Gasteiger partial charge in [0.1, 0.15) is 0 Å². The van der Waals surface area contributed by atoms with E-state index in [1.165, 1.54) is 11.1 Å². The van der Waals surface area contributed by atoms with Crippen molar-refractivity contribution in [3.05, 3.63) is 35.4 Å². The van der Waals surface area contributed by atoms with Crippen LogP contribution in [0.4, 0.5) is 0 Å². The fraction of sp³-hybridized carbons (Fsp3) is 0.588. The van der Waals surface area contributed by atoms with Gasteiger partial charge >= 0.3 is 0 Å². The maximum absolute atomic E-state index is 12.0. The molecule has 1 heterocycles. The minimum Gasteiger partial charge on any atom is -0.327 e. The minimum absolute atomic E-state index is 0.290. The zero-order chi connectivity index (χ0) is 14.7. The molecule has 2 rings (SSSR count). The third-order valence-electron chi connectivity index (χ3n) is 4.41. The standard InChI is InChI=1S/C17H26N2O/c1-5-15-6-8-16(9-7-15)11-18(4)12-19-14(3)13(2)10-17(19)20/h6-9,13-14H,5,10-12H2,1-4H3/t13-,14+/m0/s1. The molecule has 0 aromatic heterocycles. The largest absolute Gasteiger partial charge is 0.327 e. The fourth-order valence-corrected chi connectivity index (χ4v) is 2.81. The molecule has 1 amide bonds. The predicted molar refractivity (Wildman–Crippen MR) is 82.2 cm³/mol. The summed E-state index contributed by atoms with van der Waals surface area (Å²) in [6, 6.07) is 9.11. The highest BCUT2D eigenvalue weighted by molar-refractivity contribution is 5.79. The van der Waals surface area contributed by atoms with Gasteiger partial charge in [-0.2, -0.15) is 0 Å². The van der Waals surface area contributed by atoms with E-state index in [0.717, 1.165) is 19.6 Å². The van der Waals surface area contributed by atoms with Crippen LogP contribution in [0.25, 0.3) is 0 Å². The molecule has 1 aromatic carbocycles.